The van der Waals surface area contributed by atoms with E-state index in [4.69, 9.17) is 20.9 Å². The largest absolute Gasteiger partial charge is 0.458 e. The Kier molecular flexibility index (Phi) is 11.3. The highest BCUT2D eigenvalue weighted by Crippen LogP contribution is 2.33. The van der Waals surface area contributed by atoms with Crippen molar-refractivity contribution in [3.05, 3.63) is 72.3 Å². The molecular weight excluding hydrogens is 464 g/mol. The number of allylic oxidation sites excluding steroid dienone is 1. The molecule has 0 radical (unpaired) electrons. The van der Waals surface area contributed by atoms with Gasteiger partial charge in [-0.1, -0.05) is 50.0 Å². The Morgan fingerprint density at radius 1 is 0.946 bits per heavy atom. The number of hydrogen-bond donors (Lipinski definition) is 2. The zero-order valence-electron chi connectivity index (χ0n) is 21.7. The summed E-state index contributed by atoms with van der Waals surface area (Å²) in [6.07, 6.45) is 16.5. The average Bonchev–Trinajstić information content (AvgIpc) is 2.90. The second kappa shape index (κ2) is 14.9. The van der Waals surface area contributed by atoms with E-state index >= 15 is 0 Å². The number of nitrogen functional groups attached to an aromatic ring is 2. The number of unbranched alkanes of at least 4 members (excludes halogenated alkanes) is 4. The van der Waals surface area contributed by atoms with Gasteiger partial charge in [-0.15, -0.1) is 6.58 Å². The van der Waals surface area contributed by atoms with Gasteiger partial charge in [0.25, 0.3) is 0 Å². The predicted octanol–water partition coefficient (Wildman–Crippen LogP) is 6.85. The van der Waals surface area contributed by atoms with Crippen LogP contribution < -0.4 is 16.2 Å². The third-order valence-electron chi connectivity index (χ3n) is 7.00. The molecule has 0 aliphatic heterocycles. The van der Waals surface area contributed by atoms with Crippen molar-refractivity contribution in [1.29, 1.82) is 0 Å². The fourth-order valence-corrected chi connectivity index (χ4v) is 4.71. The molecule has 0 bridgehead atoms. The number of carbonyl (C=O) groups excluding carboxylic acids is 2. The lowest BCUT2D eigenvalue weighted by Gasteiger charge is -2.27. The number of hydrogen-bond acceptors (Lipinski definition) is 6. The van der Waals surface area contributed by atoms with Gasteiger partial charge in [-0.25, -0.2) is 4.79 Å². The molecule has 6 heteroatoms. The normalized spacial score (nSPS) is 17.4. The topological polar surface area (TPSA) is 105 Å². The van der Waals surface area contributed by atoms with E-state index in [1.807, 2.05) is 6.08 Å². The summed E-state index contributed by atoms with van der Waals surface area (Å²) >= 11 is 0. The van der Waals surface area contributed by atoms with Crippen LogP contribution in [-0.2, 0) is 20.9 Å². The van der Waals surface area contributed by atoms with Crippen molar-refractivity contribution in [2.75, 3.05) is 11.5 Å². The SMILES string of the molecule is C=CCCCCCCC1CCC(C(=O)Oc2ccc(/C=C/C(=O)OCc3ccc(N)cc3N)cc2)CC1. The predicted molar refractivity (Wildman–Crippen MR) is 150 cm³/mol. The third-order valence-corrected chi connectivity index (χ3v) is 7.00. The maximum atomic E-state index is 12.6. The molecule has 198 valence electrons. The van der Waals surface area contributed by atoms with Crippen molar-refractivity contribution in [2.45, 2.75) is 70.8 Å². The standard InChI is InChI=1S/C31H40N2O4/c1-2-3-4-5-6-7-8-23-9-14-25(15-10-23)31(35)37-28-18-11-24(12-19-28)13-20-30(34)36-22-26-16-17-27(32)21-29(26)33/h2,11-13,16-21,23,25H,1,3-10,14-15,22,32-33H2/b20-13+. The molecule has 37 heavy (non-hydrogen) atoms. The Morgan fingerprint density at radius 2 is 1.68 bits per heavy atom. The molecule has 0 unspecified atom stereocenters. The average molecular weight is 505 g/mol. The molecule has 0 heterocycles. The summed E-state index contributed by atoms with van der Waals surface area (Å²) in [5.41, 5.74) is 14.1. The first-order valence-electron chi connectivity index (χ1n) is 13.4. The van der Waals surface area contributed by atoms with Gasteiger partial charge in [0.2, 0.25) is 0 Å². The van der Waals surface area contributed by atoms with E-state index in [0.717, 1.165) is 43.6 Å². The van der Waals surface area contributed by atoms with Crippen LogP contribution in [0.3, 0.4) is 0 Å². The second-order valence-corrected chi connectivity index (χ2v) is 9.89. The lowest BCUT2D eigenvalue weighted by atomic mass is 9.80. The maximum Gasteiger partial charge on any atom is 0.331 e. The summed E-state index contributed by atoms with van der Waals surface area (Å²) in [5, 5.41) is 0. The molecule has 4 N–H and O–H groups in total. The highest BCUT2D eigenvalue weighted by atomic mass is 16.5. The van der Waals surface area contributed by atoms with E-state index in [0.29, 0.717) is 22.7 Å². The van der Waals surface area contributed by atoms with E-state index < -0.39 is 5.97 Å². The van der Waals surface area contributed by atoms with Crippen molar-refractivity contribution in [3.8, 4) is 5.75 Å². The quantitative estimate of drug-likeness (QED) is 0.0772. The van der Waals surface area contributed by atoms with Crippen LogP contribution in [0.4, 0.5) is 11.4 Å². The second-order valence-electron chi connectivity index (χ2n) is 9.89. The molecule has 0 atom stereocenters. The van der Waals surface area contributed by atoms with Gasteiger partial charge in [0.15, 0.2) is 0 Å². The minimum atomic E-state index is -0.477. The Labute approximate surface area is 220 Å². The molecule has 1 aliphatic rings. The molecule has 0 spiro atoms. The number of ether oxygens (including phenoxy) is 2. The van der Waals surface area contributed by atoms with Gasteiger partial charge in [-0.3, -0.25) is 4.79 Å². The highest BCUT2D eigenvalue weighted by Gasteiger charge is 2.27. The Bertz CT molecular complexity index is 1050. The molecule has 1 fully saturated rings. The Balaban J connectivity index is 1.36. The molecule has 1 aliphatic carbocycles. The summed E-state index contributed by atoms with van der Waals surface area (Å²) in [6.45, 7) is 3.84. The lowest BCUT2D eigenvalue weighted by Crippen LogP contribution is -2.25. The van der Waals surface area contributed by atoms with Crippen LogP contribution in [0.15, 0.2) is 61.2 Å². The van der Waals surface area contributed by atoms with Gasteiger partial charge >= 0.3 is 11.9 Å². The van der Waals surface area contributed by atoms with Gasteiger partial charge in [0.05, 0.1) is 5.92 Å². The van der Waals surface area contributed by atoms with Crippen molar-refractivity contribution < 1.29 is 19.1 Å². The van der Waals surface area contributed by atoms with Crippen LogP contribution in [0.1, 0.15) is 75.3 Å². The van der Waals surface area contributed by atoms with Gasteiger partial charge in [-0.2, -0.15) is 0 Å². The molecule has 0 saturated heterocycles. The Morgan fingerprint density at radius 3 is 2.38 bits per heavy atom. The van der Waals surface area contributed by atoms with Crippen molar-refractivity contribution >= 4 is 29.4 Å². The van der Waals surface area contributed by atoms with Crippen LogP contribution in [0.2, 0.25) is 0 Å². The maximum absolute atomic E-state index is 12.6. The number of nitrogens with two attached hydrogens (primary N) is 2. The number of benzene rings is 2. The van der Waals surface area contributed by atoms with Gasteiger partial charge in [0.1, 0.15) is 12.4 Å². The summed E-state index contributed by atoms with van der Waals surface area (Å²) in [7, 11) is 0. The summed E-state index contributed by atoms with van der Waals surface area (Å²) in [5.74, 6) is 0.621. The van der Waals surface area contributed by atoms with Crippen LogP contribution in [0.25, 0.3) is 6.08 Å². The van der Waals surface area contributed by atoms with Crippen LogP contribution >= 0.6 is 0 Å². The fraction of sp³-hybridized carbons (Fsp3) is 0.419. The number of anilines is 2. The molecule has 6 nitrogen and oxygen atoms in total. The van der Waals surface area contributed by atoms with E-state index in [-0.39, 0.29) is 18.5 Å². The van der Waals surface area contributed by atoms with Crippen LogP contribution in [0.5, 0.6) is 5.75 Å². The minimum absolute atomic E-state index is 0.0201. The smallest absolute Gasteiger partial charge is 0.331 e. The van der Waals surface area contributed by atoms with Crippen LogP contribution in [-0.4, -0.2) is 11.9 Å². The number of rotatable bonds is 13. The van der Waals surface area contributed by atoms with E-state index in [9.17, 15) is 9.59 Å². The molecule has 2 aromatic rings. The molecular formula is C31H40N2O4. The van der Waals surface area contributed by atoms with E-state index in [1.54, 1.807) is 48.5 Å². The summed E-state index contributed by atoms with van der Waals surface area (Å²) < 4.78 is 10.9. The van der Waals surface area contributed by atoms with Crippen molar-refractivity contribution in [3.63, 3.8) is 0 Å². The molecule has 3 rings (SSSR count). The molecule has 0 amide bonds. The Hall–Kier alpha value is -3.54. The monoisotopic (exact) mass is 504 g/mol. The number of esters is 2. The van der Waals surface area contributed by atoms with E-state index in [2.05, 4.69) is 6.58 Å². The first-order chi connectivity index (χ1) is 17.9. The molecule has 0 aromatic heterocycles. The van der Waals surface area contributed by atoms with Crippen LogP contribution in [0, 0.1) is 11.8 Å². The van der Waals surface area contributed by atoms with E-state index in [1.165, 1.54) is 38.2 Å². The summed E-state index contributed by atoms with van der Waals surface area (Å²) in [6, 6.07) is 12.2. The third kappa shape index (κ3) is 9.79. The first-order valence-corrected chi connectivity index (χ1v) is 13.4. The lowest BCUT2D eigenvalue weighted by molar-refractivity contribution is -0.140. The zero-order valence-corrected chi connectivity index (χ0v) is 21.7. The first kappa shape index (κ1) is 28.0. The van der Waals surface area contributed by atoms with Crippen molar-refractivity contribution in [1.82, 2.24) is 0 Å². The highest BCUT2D eigenvalue weighted by molar-refractivity contribution is 5.87. The van der Waals surface area contributed by atoms with Gasteiger partial charge < -0.3 is 20.9 Å². The number of carbonyl (C=O) groups is 2. The van der Waals surface area contributed by atoms with Gasteiger partial charge in [-0.05, 0) is 80.3 Å². The summed E-state index contributed by atoms with van der Waals surface area (Å²) in [4.78, 5) is 24.7. The molecule has 2 aromatic carbocycles. The van der Waals surface area contributed by atoms with Gasteiger partial charge in [0, 0.05) is 23.0 Å². The molecule has 1 saturated carbocycles. The zero-order chi connectivity index (χ0) is 26.5. The van der Waals surface area contributed by atoms with Crippen molar-refractivity contribution in [2.24, 2.45) is 11.8 Å². The fourth-order valence-electron chi connectivity index (χ4n) is 4.71. The minimum Gasteiger partial charge on any atom is -0.458 e.